The number of carbonyl (C=O) groups excluding carboxylic acids is 2. The van der Waals surface area contributed by atoms with Gasteiger partial charge in [0.1, 0.15) is 0 Å². The number of aromatic nitrogens is 2. The first-order valence-corrected chi connectivity index (χ1v) is 12.0. The van der Waals surface area contributed by atoms with Crippen molar-refractivity contribution in [2.24, 2.45) is 0 Å². The van der Waals surface area contributed by atoms with E-state index in [-0.39, 0.29) is 24.6 Å². The maximum absolute atomic E-state index is 13.2. The maximum Gasteiger partial charge on any atom is 0.331 e. The Morgan fingerprint density at radius 2 is 1.64 bits per heavy atom. The van der Waals surface area contributed by atoms with Crippen molar-refractivity contribution in [1.82, 2.24) is 14.0 Å². The van der Waals surface area contributed by atoms with Crippen LogP contribution in [0.3, 0.4) is 0 Å². The van der Waals surface area contributed by atoms with E-state index in [2.05, 4.69) is 15.5 Å². The highest BCUT2D eigenvalue weighted by Crippen LogP contribution is 2.17. The Kier molecular flexibility index (Phi) is 7.97. The summed E-state index contributed by atoms with van der Waals surface area (Å²) in [6, 6.07) is 11.1. The van der Waals surface area contributed by atoms with Crippen LogP contribution in [0.25, 0.3) is 10.9 Å². The van der Waals surface area contributed by atoms with Gasteiger partial charge in [0, 0.05) is 37.1 Å². The zero-order chi connectivity index (χ0) is 25.7. The number of benzene rings is 2. The standard InChI is InChI=1S/C26H31N5O5/c1-18(32)19-6-5-7-20(16-19)27-25(34)28-21-8-9-23-22(17-21)24(33)31(14-15-36-2)26(35)30(23)13-12-29-10-3-4-11-29/h5-9,16-17H,3-4,10-15H2,1-2H3,(H2,27,28,34). The first kappa shape index (κ1) is 25.3. The Morgan fingerprint density at radius 1 is 0.917 bits per heavy atom. The lowest BCUT2D eigenvalue weighted by Crippen LogP contribution is -2.42. The van der Waals surface area contributed by atoms with E-state index in [0.717, 1.165) is 32.5 Å². The molecule has 1 aromatic heterocycles. The van der Waals surface area contributed by atoms with Crippen LogP contribution >= 0.6 is 0 Å². The van der Waals surface area contributed by atoms with Crippen LogP contribution in [0.2, 0.25) is 0 Å². The van der Waals surface area contributed by atoms with Crippen molar-refractivity contribution < 1.29 is 14.3 Å². The van der Waals surface area contributed by atoms with E-state index >= 15 is 0 Å². The molecule has 4 rings (SSSR count). The van der Waals surface area contributed by atoms with Gasteiger partial charge in [0.2, 0.25) is 0 Å². The van der Waals surface area contributed by atoms with Gasteiger partial charge in [-0.3, -0.25) is 18.7 Å². The molecule has 0 atom stereocenters. The highest BCUT2D eigenvalue weighted by atomic mass is 16.5. The minimum Gasteiger partial charge on any atom is -0.383 e. The van der Waals surface area contributed by atoms with Gasteiger partial charge in [0.25, 0.3) is 5.56 Å². The van der Waals surface area contributed by atoms with Crippen LogP contribution < -0.4 is 21.9 Å². The molecule has 2 N–H and O–H groups in total. The molecule has 1 fully saturated rings. The number of hydrogen-bond donors (Lipinski definition) is 2. The number of ketones is 1. The lowest BCUT2D eigenvalue weighted by Gasteiger charge is -2.18. The molecule has 3 aromatic rings. The molecule has 10 heteroatoms. The predicted octanol–water partition coefficient (Wildman–Crippen LogP) is 2.75. The van der Waals surface area contributed by atoms with Gasteiger partial charge in [-0.2, -0.15) is 0 Å². The molecule has 1 aliphatic heterocycles. The monoisotopic (exact) mass is 493 g/mol. The first-order chi connectivity index (χ1) is 17.4. The third kappa shape index (κ3) is 5.72. The predicted molar refractivity (Wildman–Crippen MR) is 139 cm³/mol. The van der Waals surface area contributed by atoms with Gasteiger partial charge in [-0.15, -0.1) is 0 Å². The molecular formula is C26H31N5O5. The second kappa shape index (κ2) is 11.3. The molecule has 0 saturated carbocycles. The number of nitrogens with zero attached hydrogens (tertiary/aromatic N) is 3. The Labute approximate surface area is 208 Å². The largest absolute Gasteiger partial charge is 0.383 e. The van der Waals surface area contributed by atoms with Crippen molar-refractivity contribution in [3.63, 3.8) is 0 Å². The van der Waals surface area contributed by atoms with E-state index in [4.69, 9.17) is 4.74 Å². The number of likely N-dealkylation sites (tertiary alicyclic amines) is 1. The third-order valence-corrected chi connectivity index (χ3v) is 6.37. The number of nitrogens with one attached hydrogen (secondary N) is 2. The van der Waals surface area contributed by atoms with Gasteiger partial charge in [-0.05, 0) is 63.2 Å². The SMILES string of the molecule is COCCn1c(=O)c2cc(NC(=O)Nc3cccc(C(C)=O)c3)ccc2n(CCN2CCCC2)c1=O. The van der Waals surface area contributed by atoms with E-state index in [1.54, 1.807) is 47.0 Å². The van der Waals surface area contributed by atoms with E-state index in [9.17, 15) is 19.2 Å². The third-order valence-electron chi connectivity index (χ3n) is 6.37. The van der Waals surface area contributed by atoms with Gasteiger partial charge in [0.05, 0.1) is 24.1 Å². The molecule has 0 aliphatic carbocycles. The Balaban J connectivity index is 1.62. The summed E-state index contributed by atoms with van der Waals surface area (Å²) in [7, 11) is 1.52. The number of carbonyl (C=O) groups is 2. The summed E-state index contributed by atoms with van der Waals surface area (Å²) in [5, 5.41) is 5.76. The summed E-state index contributed by atoms with van der Waals surface area (Å²) in [6.45, 7) is 5.02. The van der Waals surface area contributed by atoms with Gasteiger partial charge < -0.3 is 20.3 Å². The van der Waals surface area contributed by atoms with E-state index in [0.29, 0.717) is 34.4 Å². The summed E-state index contributed by atoms with van der Waals surface area (Å²) in [5.41, 5.74) is 1.09. The second-order valence-corrected chi connectivity index (χ2v) is 8.88. The number of fused-ring (bicyclic) bond motifs is 1. The van der Waals surface area contributed by atoms with Crippen molar-refractivity contribution in [3.05, 3.63) is 68.9 Å². The molecule has 10 nitrogen and oxygen atoms in total. The number of urea groups is 1. The maximum atomic E-state index is 13.2. The topological polar surface area (TPSA) is 115 Å². The van der Waals surface area contributed by atoms with Crippen LogP contribution in [0.1, 0.15) is 30.1 Å². The Hall–Kier alpha value is -3.76. The lowest BCUT2D eigenvalue weighted by atomic mass is 10.1. The first-order valence-electron chi connectivity index (χ1n) is 12.0. The molecule has 0 spiro atoms. The fourth-order valence-corrected chi connectivity index (χ4v) is 4.45. The van der Waals surface area contributed by atoms with Crippen LogP contribution in [-0.2, 0) is 17.8 Å². The molecule has 2 amide bonds. The highest BCUT2D eigenvalue weighted by Gasteiger charge is 2.17. The molecule has 190 valence electrons. The average molecular weight is 494 g/mol. The van der Waals surface area contributed by atoms with Gasteiger partial charge in [0.15, 0.2) is 5.78 Å². The van der Waals surface area contributed by atoms with Crippen molar-refractivity contribution in [2.75, 3.05) is 44.0 Å². The number of hydrogen-bond acceptors (Lipinski definition) is 6. The van der Waals surface area contributed by atoms with Crippen LogP contribution in [0.5, 0.6) is 0 Å². The zero-order valence-electron chi connectivity index (χ0n) is 20.6. The molecular weight excluding hydrogens is 462 g/mol. The molecule has 0 bridgehead atoms. The fraction of sp³-hybridized carbons (Fsp3) is 0.385. The lowest BCUT2D eigenvalue weighted by molar-refractivity contribution is 0.101. The van der Waals surface area contributed by atoms with Crippen molar-refractivity contribution in [2.45, 2.75) is 32.9 Å². The summed E-state index contributed by atoms with van der Waals surface area (Å²) in [5.74, 6) is -0.103. The number of amides is 2. The summed E-state index contributed by atoms with van der Waals surface area (Å²) < 4.78 is 7.92. The number of ether oxygens (including phenoxy) is 1. The van der Waals surface area contributed by atoms with Crippen LogP contribution in [-0.4, -0.2) is 59.2 Å². The van der Waals surface area contributed by atoms with E-state index in [1.165, 1.54) is 18.6 Å². The highest BCUT2D eigenvalue weighted by molar-refractivity contribution is 6.02. The van der Waals surface area contributed by atoms with Gasteiger partial charge >= 0.3 is 11.7 Å². The molecule has 36 heavy (non-hydrogen) atoms. The fourth-order valence-electron chi connectivity index (χ4n) is 4.45. The van der Waals surface area contributed by atoms with Crippen molar-refractivity contribution >= 4 is 34.1 Å². The second-order valence-electron chi connectivity index (χ2n) is 8.88. The normalized spacial score (nSPS) is 13.7. The Bertz CT molecular complexity index is 1390. The molecule has 0 unspecified atom stereocenters. The summed E-state index contributed by atoms with van der Waals surface area (Å²) in [6.07, 6.45) is 2.30. The average Bonchev–Trinajstić information content (AvgIpc) is 3.38. The van der Waals surface area contributed by atoms with Crippen LogP contribution in [0, 0.1) is 0 Å². The van der Waals surface area contributed by atoms with Crippen molar-refractivity contribution in [1.29, 1.82) is 0 Å². The number of anilines is 2. The minimum absolute atomic E-state index is 0.103. The van der Waals surface area contributed by atoms with Gasteiger partial charge in [-0.1, -0.05) is 12.1 Å². The van der Waals surface area contributed by atoms with Crippen LogP contribution in [0.4, 0.5) is 16.2 Å². The minimum atomic E-state index is -0.517. The Morgan fingerprint density at radius 3 is 2.33 bits per heavy atom. The molecule has 0 radical (unpaired) electrons. The smallest absolute Gasteiger partial charge is 0.331 e. The number of Topliss-reactive ketones (excluding diaryl/α,β-unsaturated/α-hetero) is 1. The molecule has 1 aliphatic rings. The van der Waals surface area contributed by atoms with Gasteiger partial charge in [-0.25, -0.2) is 9.59 Å². The van der Waals surface area contributed by atoms with Crippen molar-refractivity contribution in [3.8, 4) is 0 Å². The molecule has 2 aromatic carbocycles. The molecule has 1 saturated heterocycles. The number of rotatable bonds is 9. The summed E-state index contributed by atoms with van der Waals surface area (Å²) >= 11 is 0. The van der Waals surface area contributed by atoms with E-state index in [1.807, 2.05) is 0 Å². The molecule has 2 heterocycles. The number of methoxy groups -OCH3 is 1. The quantitative estimate of drug-likeness (QED) is 0.443. The van der Waals surface area contributed by atoms with Crippen LogP contribution in [0.15, 0.2) is 52.1 Å². The zero-order valence-corrected chi connectivity index (χ0v) is 20.6. The summed E-state index contributed by atoms with van der Waals surface area (Å²) in [4.78, 5) is 52.9. The van der Waals surface area contributed by atoms with E-state index < -0.39 is 11.6 Å².